The second kappa shape index (κ2) is 15.3. The van der Waals surface area contributed by atoms with Gasteiger partial charge in [0.05, 0.1) is 11.3 Å². The average molecular weight is 700 g/mol. The lowest BCUT2D eigenvalue weighted by atomic mass is 9.93. The topological polar surface area (TPSA) is 126 Å². The van der Waals surface area contributed by atoms with E-state index in [1.54, 1.807) is 45.0 Å². The number of carbonyl (C=O) groups is 3. The normalized spacial score (nSPS) is 15.0. The number of nitrogens with one attached hydrogen (secondary N) is 2. The summed E-state index contributed by atoms with van der Waals surface area (Å²) in [5.74, 6) is -4.25. The molecule has 0 saturated heterocycles. The first kappa shape index (κ1) is 36.4. The molecule has 0 bridgehead atoms. The van der Waals surface area contributed by atoms with Crippen molar-refractivity contribution >= 4 is 35.1 Å². The fraction of sp³-hybridized carbons (Fsp3) is 0.231. The van der Waals surface area contributed by atoms with Crippen LogP contribution in [0.25, 0.3) is 16.9 Å². The van der Waals surface area contributed by atoms with E-state index in [0.29, 0.717) is 34.7 Å². The number of anilines is 1. The van der Waals surface area contributed by atoms with Crippen LogP contribution >= 0.6 is 0 Å². The molecule has 3 N–H and O–H groups in total. The summed E-state index contributed by atoms with van der Waals surface area (Å²) in [6.07, 6.45) is 1.43. The summed E-state index contributed by atoms with van der Waals surface area (Å²) in [6.45, 7) is 7.17. The minimum absolute atomic E-state index is 0.0413. The highest BCUT2D eigenvalue weighted by atomic mass is 19.1. The van der Waals surface area contributed by atoms with Gasteiger partial charge in [-0.1, -0.05) is 42.4 Å². The summed E-state index contributed by atoms with van der Waals surface area (Å²) < 4.78 is 49.6. The third-order valence-electron chi connectivity index (χ3n) is 7.93. The summed E-state index contributed by atoms with van der Waals surface area (Å²) in [4.78, 5) is 43.0. The van der Waals surface area contributed by atoms with Crippen molar-refractivity contribution in [2.24, 2.45) is 11.1 Å². The van der Waals surface area contributed by atoms with E-state index in [2.05, 4.69) is 15.8 Å². The number of carboxylic acid groups (broad SMARTS) is 1. The molecule has 0 spiro atoms. The van der Waals surface area contributed by atoms with E-state index in [4.69, 9.17) is 9.57 Å². The first-order valence-corrected chi connectivity index (χ1v) is 16.1. The number of benzene rings is 4. The zero-order valence-electron chi connectivity index (χ0n) is 28.3. The van der Waals surface area contributed by atoms with Crippen molar-refractivity contribution in [1.82, 2.24) is 5.32 Å². The Kier molecular flexibility index (Phi) is 10.9. The smallest absolute Gasteiger partial charge is 0.412 e. The molecule has 0 radical (unpaired) electrons. The second-order valence-electron chi connectivity index (χ2n) is 13.0. The van der Waals surface area contributed by atoms with E-state index in [0.717, 1.165) is 18.2 Å². The molecule has 51 heavy (non-hydrogen) atoms. The van der Waals surface area contributed by atoms with Crippen LogP contribution in [0.4, 0.5) is 23.7 Å². The molecule has 2 unspecified atom stereocenters. The zero-order chi connectivity index (χ0) is 36.9. The predicted octanol–water partition coefficient (Wildman–Crippen LogP) is 8.35. The summed E-state index contributed by atoms with van der Waals surface area (Å²) in [5.41, 5.74) is 1.32. The van der Waals surface area contributed by atoms with Gasteiger partial charge in [0.2, 0.25) is 0 Å². The Balaban J connectivity index is 1.26. The van der Waals surface area contributed by atoms with Gasteiger partial charge in [-0.2, -0.15) is 0 Å². The first-order valence-electron chi connectivity index (χ1n) is 16.1. The highest BCUT2D eigenvalue weighted by Crippen LogP contribution is 2.28. The molecule has 1 heterocycles. The SMILES string of the molecule is CC1CC=C(c2ccc(NC(=O)OC(C)(C)C)cc2)ON=C1c1ccc(CC(NC(=O)c2cccc(-c3ccc(F)cc3)c2F)C(=O)O)cc1F. The molecule has 0 aliphatic carbocycles. The van der Waals surface area contributed by atoms with Gasteiger partial charge >= 0.3 is 12.1 Å². The van der Waals surface area contributed by atoms with Gasteiger partial charge in [0.15, 0.2) is 5.76 Å². The van der Waals surface area contributed by atoms with Crippen molar-refractivity contribution in [3.63, 3.8) is 0 Å². The molecule has 2 atom stereocenters. The Morgan fingerprint density at radius 2 is 1.63 bits per heavy atom. The van der Waals surface area contributed by atoms with Crippen LogP contribution in [0.2, 0.25) is 0 Å². The van der Waals surface area contributed by atoms with Crippen LogP contribution in [0.1, 0.15) is 61.2 Å². The second-order valence-corrected chi connectivity index (χ2v) is 13.0. The van der Waals surface area contributed by atoms with E-state index >= 15 is 8.78 Å². The maximum atomic E-state index is 15.6. The number of amides is 2. The molecule has 1 aliphatic rings. The number of nitrogens with zero attached hydrogens (tertiary/aromatic N) is 1. The molecule has 2 amide bonds. The fourth-order valence-corrected chi connectivity index (χ4v) is 5.37. The summed E-state index contributed by atoms with van der Waals surface area (Å²) in [5, 5.41) is 19.1. The van der Waals surface area contributed by atoms with Crippen molar-refractivity contribution in [2.45, 2.75) is 52.2 Å². The number of allylic oxidation sites excluding steroid dienone is 1. The van der Waals surface area contributed by atoms with Gasteiger partial charge in [-0.05, 0) is 99.0 Å². The van der Waals surface area contributed by atoms with Crippen LogP contribution in [0.5, 0.6) is 0 Å². The van der Waals surface area contributed by atoms with E-state index in [9.17, 15) is 23.9 Å². The largest absolute Gasteiger partial charge is 0.480 e. The Labute approximate surface area is 292 Å². The molecule has 5 rings (SSSR count). The predicted molar refractivity (Wildman–Crippen MR) is 186 cm³/mol. The van der Waals surface area contributed by atoms with E-state index in [1.165, 1.54) is 42.5 Å². The maximum Gasteiger partial charge on any atom is 0.412 e. The Morgan fingerprint density at radius 3 is 2.27 bits per heavy atom. The number of oxime groups is 1. The first-order chi connectivity index (χ1) is 24.2. The molecule has 264 valence electrons. The lowest BCUT2D eigenvalue weighted by Crippen LogP contribution is -2.42. The number of hydrogen-bond donors (Lipinski definition) is 3. The number of ether oxygens (including phenoxy) is 1. The number of aliphatic carboxylic acids is 1. The Hall–Kier alpha value is -5.91. The van der Waals surface area contributed by atoms with Crippen LogP contribution in [0, 0.1) is 23.4 Å². The molecule has 4 aromatic carbocycles. The van der Waals surface area contributed by atoms with Crippen LogP contribution in [0.3, 0.4) is 0 Å². The Morgan fingerprint density at radius 1 is 0.941 bits per heavy atom. The van der Waals surface area contributed by atoms with Crippen molar-refractivity contribution in [3.05, 3.63) is 131 Å². The molecule has 0 aromatic heterocycles. The average Bonchev–Trinajstić information content (AvgIpc) is 3.26. The van der Waals surface area contributed by atoms with E-state index in [1.807, 2.05) is 13.0 Å². The van der Waals surface area contributed by atoms with Gasteiger partial charge in [-0.25, -0.2) is 22.8 Å². The van der Waals surface area contributed by atoms with Crippen LogP contribution in [-0.2, 0) is 20.8 Å². The Bertz CT molecular complexity index is 2000. The standard InChI is InChI=1S/C39H36F3N3O6/c1-22-8-19-33(25-12-16-27(17-13-25)43-38(49)50-39(2,3)4)51-45-35(22)29-18-9-23(20-31(29)41)21-32(37(47)48)44-36(46)30-7-5-6-28(34(30)42)24-10-14-26(40)15-11-24/h5-7,9-20,22,32H,8,21H2,1-4H3,(H,43,49)(H,44,46)(H,47,48). The van der Waals surface area contributed by atoms with Crippen LogP contribution < -0.4 is 10.6 Å². The number of hydrogen-bond acceptors (Lipinski definition) is 6. The van der Waals surface area contributed by atoms with Gasteiger partial charge in [-0.3, -0.25) is 10.1 Å². The monoisotopic (exact) mass is 699 g/mol. The van der Waals surface area contributed by atoms with Crippen molar-refractivity contribution in [2.75, 3.05) is 5.32 Å². The summed E-state index contributed by atoms with van der Waals surface area (Å²) >= 11 is 0. The van der Waals surface area contributed by atoms with Crippen LogP contribution in [-0.4, -0.2) is 40.4 Å². The minimum Gasteiger partial charge on any atom is -0.480 e. The van der Waals surface area contributed by atoms with Gasteiger partial charge in [0, 0.05) is 34.7 Å². The molecular formula is C39H36F3N3O6. The van der Waals surface area contributed by atoms with E-state index in [-0.39, 0.29) is 29.0 Å². The lowest BCUT2D eigenvalue weighted by Gasteiger charge is -2.19. The highest BCUT2D eigenvalue weighted by Gasteiger charge is 2.26. The highest BCUT2D eigenvalue weighted by molar-refractivity contribution is 6.02. The lowest BCUT2D eigenvalue weighted by molar-refractivity contribution is -0.139. The zero-order valence-corrected chi connectivity index (χ0v) is 28.3. The minimum atomic E-state index is -1.51. The van der Waals surface area contributed by atoms with Crippen molar-refractivity contribution in [3.8, 4) is 11.1 Å². The quantitative estimate of drug-likeness (QED) is 0.161. The maximum absolute atomic E-state index is 15.6. The molecule has 4 aromatic rings. The molecular weight excluding hydrogens is 663 g/mol. The number of carbonyl (C=O) groups excluding carboxylic acids is 2. The van der Waals surface area contributed by atoms with E-state index < -0.39 is 52.6 Å². The number of carboxylic acids is 1. The fourth-order valence-electron chi connectivity index (χ4n) is 5.37. The van der Waals surface area contributed by atoms with Gasteiger partial charge < -0.3 is 20.0 Å². The molecule has 12 heteroatoms. The number of rotatable bonds is 9. The van der Waals surface area contributed by atoms with Crippen molar-refractivity contribution in [1.29, 1.82) is 0 Å². The molecule has 0 fully saturated rings. The van der Waals surface area contributed by atoms with Crippen molar-refractivity contribution < 1.29 is 42.2 Å². The summed E-state index contributed by atoms with van der Waals surface area (Å²) in [6, 6.07) is 18.6. The molecule has 1 aliphatic heterocycles. The third-order valence-corrected chi connectivity index (χ3v) is 7.93. The van der Waals surface area contributed by atoms with Gasteiger partial charge in [0.1, 0.15) is 29.1 Å². The third kappa shape index (κ3) is 9.21. The van der Waals surface area contributed by atoms with Crippen LogP contribution in [0.15, 0.2) is 96.2 Å². The summed E-state index contributed by atoms with van der Waals surface area (Å²) in [7, 11) is 0. The number of halogens is 3. The molecule has 0 saturated carbocycles. The van der Waals surface area contributed by atoms with Gasteiger partial charge in [-0.15, -0.1) is 0 Å². The molecule has 9 nitrogen and oxygen atoms in total. The van der Waals surface area contributed by atoms with Gasteiger partial charge in [0.25, 0.3) is 5.91 Å².